The molecule has 1 aromatic carbocycles. The van der Waals surface area contributed by atoms with Gasteiger partial charge in [0.05, 0.1) is 30.8 Å². The third-order valence-electron chi connectivity index (χ3n) is 5.62. The Bertz CT molecular complexity index is 1470. The average molecular weight is 557 g/mol. The van der Waals surface area contributed by atoms with Crippen molar-refractivity contribution in [3.05, 3.63) is 49.2 Å². The van der Waals surface area contributed by atoms with Crippen LogP contribution in [0.4, 0.5) is 5.82 Å². The first-order valence-corrected chi connectivity index (χ1v) is 14.2. The fourth-order valence-electron chi connectivity index (χ4n) is 3.79. The lowest BCUT2D eigenvalue weighted by Crippen LogP contribution is -2.37. The number of nitrogen functional groups attached to an aromatic ring is 1. The summed E-state index contributed by atoms with van der Waals surface area (Å²) < 4.78 is 34.6. The van der Waals surface area contributed by atoms with Gasteiger partial charge in [0.15, 0.2) is 11.5 Å². The van der Waals surface area contributed by atoms with Crippen LogP contribution in [0.25, 0.3) is 22.4 Å². The van der Waals surface area contributed by atoms with E-state index in [4.69, 9.17) is 19.7 Å². The molecule has 0 spiro atoms. The van der Waals surface area contributed by atoms with E-state index in [9.17, 15) is 9.36 Å². The lowest BCUT2D eigenvalue weighted by Gasteiger charge is -2.25. The molecule has 39 heavy (non-hydrogen) atoms. The average Bonchev–Trinajstić information content (AvgIpc) is 3.50. The number of rotatable bonds is 12. The van der Waals surface area contributed by atoms with Crippen molar-refractivity contribution in [2.75, 3.05) is 12.1 Å². The standard InChI is InChI=1S/C25H33N8O5P/c1-16(2)37-25(34)18(4)31-39(35,38-20-8-6-19(7-9-20)21-10-11-32(5)30-21)15-36-17(3)12-33-14-29-22-23(26)27-13-28-24(22)33/h6-11,13-14,16-18H,12,15H2,1-5H3,(H,31,35)(H2,26,27,28)/t17-,18+,39?/m1/s1. The Morgan fingerprint density at radius 2 is 1.85 bits per heavy atom. The zero-order valence-electron chi connectivity index (χ0n) is 22.5. The monoisotopic (exact) mass is 556 g/mol. The van der Waals surface area contributed by atoms with Crippen LogP contribution in [0.15, 0.2) is 49.2 Å². The van der Waals surface area contributed by atoms with Crippen LogP contribution in [0, 0.1) is 0 Å². The van der Waals surface area contributed by atoms with Crippen LogP contribution in [0.1, 0.15) is 27.7 Å². The first-order chi connectivity index (χ1) is 18.5. The molecule has 13 nitrogen and oxygen atoms in total. The minimum atomic E-state index is -3.74. The predicted octanol–water partition coefficient (Wildman–Crippen LogP) is 3.37. The normalized spacial score (nSPS) is 14.7. The highest BCUT2D eigenvalue weighted by Gasteiger charge is 2.32. The maximum absolute atomic E-state index is 14.0. The molecule has 0 amide bonds. The van der Waals surface area contributed by atoms with Gasteiger partial charge in [0.1, 0.15) is 30.0 Å². The number of esters is 1. The molecule has 3 aromatic heterocycles. The fraction of sp³-hybridized carbons (Fsp3) is 0.400. The van der Waals surface area contributed by atoms with Crippen molar-refractivity contribution in [3.63, 3.8) is 0 Å². The summed E-state index contributed by atoms with van der Waals surface area (Å²) in [6, 6.07) is 8.02. The second-order valence-corrected chi connectivity index (χ2v) is 11.5. The molecule has 1 unspecified atom stereocenters. The highest BCUT2D eigenvalue weighted by atomic mass is 31.2. The summed E-state index contributed by atoms with van der Waals surface area (Å²) >= 11 is 0. The molecule has 4 rings (SSSR count). The molecule has 0 aliphatic heterocycles. The molecule has 0 bridgehead atoms. The number of aromatic nitrogens is 6. The van der Waals surface area contributed by atoms with Crippen molar-refractivity contribution >= 4 is 30.5 Å². The number of nitrogens with one attached hydrogen (secondary N) is 1. The minimum absolute atomic E-state index is 0.283. The van der Waals surface area contributed by atoms with Crippen LogP contribution >= 0.6 is 7.52 Å². The van der Waals surface area contributed by atoms with Crippen LogP contribution in [0.5, 0.6) is 5.75 Å². The van der Waals surface area contributed by atoms with Crippen molar-refractivity contribution < 1.29 is 23.4 Å². The summed E-state index contributed by atoms with van der Waals surface area (Å²) in [4.78, 5) is 24.9. The quantitative estimate of drug-likeness (QED) is 0.194. The predicted molar refractivity (Wildman–Crippen MR) is 146 cm³/mol. The second-order valence-electron chi connectivity index (χ2n) is 9.43. The molecule has 14 heteroatoms. The number of nitrogens with two attached hydrogens (primary N) is 1. The van der Waals surface area contributed by atoms with E-state index < -0.39 is 25.6 Å². The molecular formula is C25H33N8O5P. The summed E-state index contributed by atoms with van der Waals surface area (Å²) in [7, 11) is -1.90. The Balaban J connectivity index is 1.48. The molecule has 3 heterocycles. The van der Waals surface area contributed by atoms with Gasteiger partial charge in [0.2, 0.25) is 0 Å². The molecule has 4 aromatic rings. The number of anilines is 1. The Labute approximate surface area is 226 Å². The molecule has 0 saturated carbocycles. The van der Waals surface area contributed by atoms with Crippen molar-refractivity contribution in [2.24, 2.45) is 7.05 Å². The first kappa shape index (κ1) is 28.2. The molecule has 0 aliphatic carbocycles. The molecule has 0 fully saturated rings. The van der Waals surface area contributed by atoms with Crippen LogP contribution in [0.2, 0.25) is 0 Å². The molecule has 0 saturated heterocycles. The van der Waals surface area contributed by atoms with Gasteiger partial charge in [0, 0.05) is 18.8 Å². The van der Waals surface area contributed by atoms with Gasteiger partial charge in [0.25, 0.3) is 0 Å². The zero-order valence-corrected chi connectivity index (χ0v) is 23.4. The van der Waals surface area contributed by atoms with E-state index in [-0.39, 0.29) is 18.3 Å². The lowest BCUT2D eigenvalue weighted by atomic mass is 10.1. The third-order valence-corrected chi connectivity index (χ3v) is 7.40. The lowest BCUT2D eigenvalue weighted by molar-refractivity contribution is -0.149. The Kier molecular flexibility index (Phi) is 8.63. The van der Waals surface area contributed by atoms with Gasteiger partial charge in [-0.25, -0.2) is 20.0 Å². The molecule has 0 radical (unpaired) electrons. The number of imidazole rings is 1. The number of carbonyl (C=O) groups excluding carboxylic acids is 1. The van der Waals surface area contributed by atoms with Gasteiger partial charge in [-0.1, -0.05) is 0 Å². The van der Waals surface area contributed by atoms with E-state index in [1.165, 1.54) is 6.33 Å². The van der Waals surface area contributed by atoms with Gasteiger partial charge >= 0.3 is 13.5 Å². The number of nitrogens with zero attached hydrogens (tertiary/aromatic N) is 6. The second kappa shape index (κ2) is 11.9. The van der Waals surface area contributed by atoms with Crippen molar-refractivity contribution in [3.8, 4) is 17.0 Å². The van der Waals surface area contributed by atoms with E-state index in [1.54, 1.807) is 48.5 Å². The number of ether oxygens (including phenoxy) is 2. The maximum Gasteiger partial charge on any atom is 0.342 e. The largest absolute Gasteiger partial charge is 0.462 e. The van der Waals surface area contributed by atoms with Crippen LogP contribution in [-0.4, -0.2) is 59.9 Å². The van der Waals surface area contributed by atoms with Gasteiger partial charge in [-0.05, 0) is 58.0 Å². The molecule has 0 aliphatic rings. The van der Waals surface area contributed by atoms with E-state index in [1.807, 2.05) is 38.4 Å². The van der Waals surface area contributed by atoms with Gasteiger partial charge in [-0.15, -0.1) is 0 Å². The van der Waals surface area contributed by atoms with E-state index in [0.717, 1.165) is 11.3 Å². The third kappa shape index (κ3) is 7.20. The van der Waals surface area contributed by atoms with E-state index in [2.05, 4.69) is 25.1 Å². The number of carbonyl (C=O) groups is 1. The molecule has 208 valence electrons. The highest BCUT2D eigenvalue weighted by molar-refractivity contribution is 7.57. The van der Waals surface area contributed by atoms with Crippen molar-refractivity contribution in [1.82, 2.24) is 34.4 Å². The van der Waals surface area contributed by atoms with Crippen LogP contribution in [0.3, 0.4) is 0 Å². The number of hydrogen-bond donors (Lipinski definition) is 2. The maximum atomic E-state index is 14.0. The molecular weight excluding hydrogens is 523 g/mol. The molecule has 3 N–H and O–H groups in total. The number of benzene rings is 1. The fourth-order valence-corrected chi connectivity index (χ4v) is 5.57. The Morgan fingerprint density at radius 1 is 1.10 bits per heavy atom. The SMILES string of the molecule is CC(C)OC(=O)[C@H](C)NP(=O)(CO[C@H](C)Cn1cnc2c(N)ncnc21)Oc1ccc(-c2ccn(C)n2)cc1. The summed E-state index contributed by atoms with van der Waals surface area (Å²) in [5.74, 6) is 0.0827. The topological polar surface area (TPSA) is 161 Å². The van der Waals surface area contributed by atoms with Gasteiger partial charge in [-0.3, -0.25) is 14.0 Å². The first-order valence-electron chi connectivity index (χ1n) is 12.4. The Hall–Kier alpha value is -3.80. The highest BCUT2D eigenvalue weighted by Crippen LogP contribution is 2.44. The zero-order chi connectivity index (χ0) is 28.2. The Morgan fingerprint density at radius 3 is 2.51 bits per heavy atom. The van der Waals surface area contributed by atoms with Gasteiger partial charge in [-0.2, -0.15) is 5.10 Å². The van der Waals surface area contributed by atoms with E-state index in [0.29, 0.717) is 23.5 Å². The summed E-state index contributed by atoms with van der Waals surface area (Å²) in [6.45, 7) is 7.23. The van der Waals surface area contributed by atoms with Crippen molar-refractivity contribution in [1.29, 1.82) is 0 Å². The van der Waals surface area contributed by atoms with Crippen LogP contribution < -0.4 is 15.3 Å². The summed E-state index contributed by atoms with van der Waals surface area (Å²) in [6.07, 6.45) is 3.77. The number of fused-ring (bicyclic) bond motifs is 1. The number of hydrogen-bond acceptors (Lipinski definition) is 10. The molecule has 3 atom stereocenters. The minimum Gasteiger partial charge on any atom is -0.462 e. The van der Waals surface area contributed by atoms with Gasteiger partial charge < -0.3 is 24.3 Å². The van der Waals surface area contributed by atoms with Crippen LogP contribution in [-0.2, 0) is 32.4 Å². The smallest absolute Gasteiger partial charge is 0.342 e. The number of aryl methyl sites for hydroxylation is 1. The summed E-state index contributed by atoms with van der Waals surface area (Å²) in [5.41, 5.74) is 8.60. The summed E-state index contributed by atoms with van der Waals surface area (Å²) in [5, 5.41) is 7.20. The van der Waals surface area contributed by atoms with E-state index >= 15 is 0 Å². The van der Waals surface area contributed by atoms with Crippen molar-refractivity contribution in [2.45, 2.75) is 52.5 Å².